The molecule has 0 aliphatic carbocycles. The highest BCUT2D eigenvalue weighted by Gasteiger charge is 2.28. The zero-order chi connectivity index (χ0) is 22.0. The summed E-state index contributed by atoms with van der Waals surface area (Å²) < 4.78 is 5.51. The average molecular weight is 418 g/mol. The number of carbonyl (C=O) groups excluding carboxylic acids is 1. The van der Waals surface area contributed by atoms with Crippen LogP contribution in [0.2, 0.25) is 0 Å². The van der Waals surface area contributed by atoms with E-state index in [1.54, 1.807) is 0 Å². The molecule has 0 atom stereocenters. The van der Waals surface area contributed by atoms with Gasteiger partial charge in [0, 0.05) is 49.0 Å². The molecule has 0 bridgehead atoms. The van der Waals surface area contributed by atoms with Gasteiger partial charge in [0.05, 0.1) is 5.52 Å². The normalized spacial score (nSPS) is 15.2. The van der Waals surface area contributed by atoms with E-state index in [0.717, 1.165) is 48.0 Å². The number of carbonyl (C=O) groups is 1. The molecule has 0 saturated carbocycles. The number of rotatable bonds is 3. The molecule has 0 unspecified atom stereocenters. The van der Waals surface area contributed by atoms with Gasteiger partial charge in [-0.15, -0.1) is 0 Å². The molecule has 0 radical (unpaired) electrons. The van der Waals surface area contributed by atoms with Crippen LogP contribution in [0.5, 0.6) is 0 Å². The Morgan fingerprint density at radius 2 is 1.71 bits per heavy atom. The van der Waals surface area contributed by atoms with Crippen LogP contribution in [0.15, 0.2) is 60.8 Å². The number of amides is 1. The molecular weight excluding hydrogens is 386 g/mol. The van der Waals surface area contributed by atoms with E-state index in [2.05, 4.69) is 53.3 Å². The van der Waals surface area contributed by atoms with Gasteiger partial charge in [0.15, 0.2) is 0 Å². The van der Waals surface area contributed by atoms with Crippen LogP contribution in [-0.2, 0) is 4.74 Å². The van der Waals surface area contributed by atoms with E-state index in [9.17, 15) is 4.79 Å². The SMILES string of the molecule is CN(c1ccc(-c2cnc3ccccc3c2)cc1)C1CCN(C(=O)OC(C)(C)C)CC1. The lowest BCUT2D eigenvalue weighted by Gasteiger charge is -2.38. The van der Waals surface area contributed by atoms with E-state index in [-0.39, 0.29) is 6.09 Å². The first kappa shape index (κ1) is 21.2. The van der Waals surface area contributed by atoms with Crippen LogP contribution >= 0.6 is 0 Å². The Morgan fingerprint density at radius 3 is 2.39 bits per heavy atom. The van der Waals surface area contributed by atoms with E-state index in [1.165, 1.54) is 5.69 Å². The van der Waals surface area contributed by atoms with Crippen molar-refractivity contribution >= 4 is 22.7 Å². The molecule has 0 spiro atoms. The number of piperidine rings is 1. The number of anilines is 1. The molecule has 0 N–H and O–H groups in total. The molecule has 1 saturated heterocycles. The van der Waals surface area contributed by atoms with Gasteiger partial charge in [-0.3, -0.25) is 4.98 Å². The number of nitrogens with zero attached hydrogens (tertiary/aromatic N) is 3. The van der Waals surface area contributed by atoms with Gasteiger partial charge in [0.1, 0.15) is 5.60 Å². The summed E-state index contributed by atoms with van der Waals surface area (Å²) in [5.41, 5.74) is 4.04. The maximum absolute atomic E-state index is 12.3. The smallest absolute Gasteiger partial charge is 0.410 e. The van der Waals surface area contributed by atoms with E-state index in [4.69, 9.17) is 4.74 Å². The van der Waals surface area contributed by atoms with Gasteiger partial charge >= 0.3 is 6.09 Å². The Morgan fingerprint density at radius 1 is 1.03 bits per heavy atom. The van der Waals surface area contributed by atoms with Crippen molar-refractivity contribution in [3.63, 3.8) is 0 Å². The van der Waals surface area contributed by atoms with Crippen molar-refractivity contribution in [3.05, 3.63) is 60.8 Å². The molecule has 5 heteroatoms. The molecule has 162 valence electrons. The van der Waals surface area contributed by atoms with Crippen molar-refractivity contribution in [3.8, 4) is 11.1 Å². The fraction of sp³-hybridized carbons (Fsp3) is 0.385. The Balaban J connectivity index is 1.39. The maximum Gasteiger partial charge on any atom is 0.410 e. The Hall–Kier alpha value is -3.08. The van der Waals surface area contributed by atoms with E-state index in [0.29, 0.717) is 6.04 Å². The van der Waals surface area contributed by atoms with Gasteiger partial charge in [-0.25, -0.2) is 4.79 Å². The van der Waals surface area contributed by atoms with Crippen LogP contribution < -0.4 is 4.90 Å². The van der Waals surface area contributed by atoms with E-state index in [1.807, 2.05) is 50.1 Å². The molecule has 31 heavy (non-hydrogen) atoms. The zero-order valence-corrected chi connectivity index (χ0v) is 18.8. The first-order valence-corrected chi connectivity index (χ1v) is 11.0. The second-order valence-electron chi connectivity index (χ2n) is 9.27. The lowest BCUT2D eigenvalue weighted by atomic mass is 10.0. The van der Waals surface area contributed by atoms with Crippen LogP contribution in [0.1, 0.15) is 33.6 Å². The summed E-state index contributed by atoms with van der Waals surface area (Å²) in [4.78, 5) is 21.0. The minimum atomic E-state index is -0.451. The summed E-state index contributed by atoms with van der Waals surface area (Å²) in [5.74, 6) is 0. The predicted molar refractivity (Wildman–Crippen MR) is 126 cm³/mol. The largest absolute Gasteiger partial charge is 0.444 e. The summed E-state index contributed by atoms with van der Waals surface area (Å²) in [5, 5.41) is 1.15. The number of benzene rings is 2. The molecule has 3 aromatic rings. The van der Waals surface area contributed by atoms with Gasteiger partial charge in [-0.05, 0) is 63.4 Å². The lowest BCUT2D eigenvalue weighted by Crippen LogP contribution is -2.47. The molecule has 1 amide bonds. The van der Waals surface area contributed by atoms with Crippen molar-refractivity contribution < 1.29 is 9.53 Å². The van der Waals surface area contributed by atoms with Gasteiger partial charge in [-0.1, -0.05) is 30.3 Å². The highest BCUT2D eigenvalue weighted by molar-refractivity contribution is 5.83. The molecule has 1 aromatic heterocycles. The molecule has 4 rings (SSSR count). The third-order valence-electron chi connectivity index (χ3n) is 5.86. The fourth-order valence-corrected chi connectivity index (χ4v) is 4.09. The number of pyridine rings is 1. The van der Waals surface area contributed by atoms with Crippen LogP contribution in [0.4, 0.5) is 10.5 Å². The van der Waals surface area contributed by atoms with Gasteiger partial charge in [0.25, 0.3) is 0 Å². The highest BCUT2D eigenvalue weighted by atomic mass is 16.6. The third-order valence-corrected chi connectivity index (χ3v) is 5.86. The zero-order valence-electron chi connectivity index (χ0n) is 18.8. The summed E-state index contributed by atoms with van der Waals surface area (Å²) in [6.07, 6.45) is 3.60. The molecule has 1 fully saturated rings. The number of hydrogen-bond acceptors (Lipinski definition) is 4. The maximum atomic E-state index is 12.3. The summed E-state index contributed by atoms with van der Waals surface area (Å²) in [7, 11) is 2.14. The second kappa shape index (κ2) is 8.58. The van der Waals surface area contributed by atoms with Crippen LogP contribution in [-0.4, -0.2) is 47.8 Å². The van der Waals surface area contributed by atoms with E-state index < -0.39 is 5.60 Å². The van der Waals surface area contributed by atoms with Gasteiger partial charge in [-0.2, -0.15) is 0 Å². The van der Waals surface area contributed by atoms with Crippen molar-refractivity contribution in [1.82, 2.24) is 9.88 Å². The summed E-state index contributed by atoms with van der Waals surface area (Å²) >= 11 is 0. The first-order valence-electron chi connectivity index (χ1n) is 11.0. The second-order valence-corrected chi connectivity index (χ2v) is 9.27. The minimum Gasteiger partial charge on any atom is -0.444 e. The Bertz CT molecular complexity index is 1050. The number of para-hydroxylation sites is 1. The van der Waals surface area contributed by atoms with Crippen LogP contribution in [0.3, 0.4) is 0 Å². The third kappa shape index (κ3) is 4.98. The number of ether oxygens (including phenoxy) is 1. The fourth-order valence-electron chi connectivity index (χ4n) is 4.09. The number of fused-ring (bicyclic) bond motifs is 1. The van der Waals surface area contributed by atoms with Crippen molar-refractivity contribution in [2.75, 3.05) is 25.0 Å². The highest BCUT2D eigenvalue weighted by Crippen LogP contribution is 2.27. The van der Waals surface area contributed by atoms with E-state index >= 15 is 0 Å². The number of hydrogen-bond donors (Lipinski definition) is 0. The topological polar surface area (TPSA) is 45.7 Å². The molecule has 2 heterocycles. The summed E-state index contributed by atoms with van der Waals surface area (Å²) in [6.45, 7) is 7.17. The molecule has 5 nitrogen and oxygen atoms in total. The van der Waals surface area contributed by atoms with Gasteiger partial charge < -0.3 is 14.5 Å². The van der Waals surface area contributed by atoms with Crippen LogP contribution in [0, 0.1) is 0 Å². The molecular formula is C26H31N3O2. The monoisotopic (exact) mass is 417 g/mol. The number of likely N-dealkylation sites (tertiary alicyclic amines) is 1. The quantitative estimate of drug-likeness (QED) is 0.545. The number of aromatic nitrogens is 1. The van der Waals surface area contributed by atoms with Crippen molar-refractivity contribution in [1.29, 1.82) is 0 Å². The van der Waals surface area contributed by atoms with Crippen molar-refractivity contribution in [2.24, 2.45) is 0 Å². The minimum absolute atomic E-state index is 0.207. The average Bonchev–Trinajstić information content (AvgIpc) is 2.77. The lowest BCUT2D eigenvalue weighted by molar-refractivity contribution is 0.0205. The predicted octanol–water partition coefficient (Wildman–Crippen LogP) is 5.74. The Labute approximate surface area is 184 Å². The first-order chi connectivity index (χ1) is 14.8. The Kier molecular flexibility index (Phi) is 5.86. The molecule has 1 aliphatic heterocycles. The summed E-state index contributed by atoms with van der Waals surface area (Å²) in [6, 6.07) is 19.4. The van der Waals surface area contributed by atoms with Gasteiger partial charge in [0.2, 0.25) is 0 Å². The van der Waals surface area contributed by atoms with Crippen LogP contribution in [0.25, 0.3) is 22.0 Å². The standard InChI is InChI=1S/C26H31N3O2/c1-26(2,3)31-25(30)29-15-13-23(14-16-29)28(4)22-11-9-19(10-12-22)21-17-20-7-5-6-8-24(20)27-18-21/h5-12,17-18,23H,13-16H2,1-4H3. The van der Waals surface area contributed by atoms with Crippen molar-refractivity contribution in [2.45, 2.75) is 45.3 Å². The molecule has 2 aromatic carbocycles. The molecule has 1 aliphatic rings.